The zero-order valence-corrected chi connectivity index (χ0v) is 12.4. The van der Waals surface area contributed by atoms with Gasteiger partial charge in [0.1, 0.15) is 11.6 Å². The van der Waals surface area contributed by atoms with E-state index < -0.39 is 11.6 Å². The van der Waals surface area contributed by atoms with Gasteiger partial charge >= 0.3 is 0 Å². The Morgan fingerprint density at radius 3 is 2.53 bits per heavy atom. The maximum Gasteiger partial charge on any atom is 0.228 e. The van der Waals surface area contributed by atoms with Crippen molar-refractivity contribution in [2.75, 3.05) is 11.4 Å². The van der Waals surface area contributed by atoms with Crippen LogP contribution in [0.4, 0.5) is 14.5 Å². The summed E-state index contributed by atoms with van der Waals surface area (Å²) in [5.41, 5.74) is 0.176. The third-order valence-electron chi connectivity index (χ3n) is 2.70. The molecule has 102 valence electrons. The van der Waals surface area contributed by atoms with Crippen molar-refractivity contribution in [3.63, 3.8) is 0 Å². The van der Waals surface area contributed by atoms with E-state index in [1.54, 1.807) is 0 Å². The van der Waals surface area contributed by atoms with Crippen LogP contribution in [0.25, 0.3) is 0 Å². The normalized spacial score (nSPS) is 19.1. The molecule has 0 saturated carbocycles. The van der Waals surface area contributed by atoms with E-state index in [1.807, 2.05) is 0 Å². The van der Waals surface area contributed by atoms with E-state index in [-0.39, 0.29) is 39.4 Å². The lowest BCUT2D eigenvalue weighted by atomic mass is 10.3. The van der Waals surface area contributed by atoms with Crippen molar-refractivity contribution in [1.29, 1.82) is 0 Å². The summed E-state index contributed by atoms with van der Waals surface area (Å²) in [6, 6.07) is 2.21. The molecule has 1 heterocycles. The molecule has 0 radical (unpaired) electrons. The zero-order chi connectivity index (χ0) is 14.2. The van der Waals surface area contributed by atoms with Gasteiger partial charge in [0.2, 0.25) is 5.91 Å². The smallest absolute Gasteiger partial charge is 0.228 e. The summed E-state index contributed by atoms with van der Waals surface area (Å²) in [5, 5.41) is -0.243. The second kappa shape index (κ2) is 5.58. The van der Waals surface area contributed by atoms with Crippen LogP contribution >= 0.6 is 27.7 Å². The van der Waals surface area contributed by atoms with E-state index in [4.69, 9.17) is 0 Å². The third-order valence-corrected chi connectivity index (χ3v) is 4.44. The molecule has 0 aromatic heterocycles. The first-order valence-electron chi connectivity index (χ1n) is 5.50. The number of halogens is 3. The van der Waals surface area contributed by atoms with Crippen molar-refractivity contribution in [2.45, 2.75) is 18.6 Å². The Balaban J connectivity index is 2.23. The highest BCUT2D eigenvalue weighted by molar-refractivity contribution is 9.10. The summed E-state index contributed by atoms with van der Waals surface area (Å²) in [4.78, 5) is 24.1. The van der Waals surface area contributed by atoms with Crippen LogP contribution in [-0.2, 0) is 9.59 Å². The molecule has 0 bridgehead atoms. The van der Waals surface area contributed by atoms with E-state index in [0.717, 1.165) is 23.9 Å². The number of nitrogens with zero attached hydrogens (tertiary/aromatic N) is 1. The van der Waals surface area contributed by atoms with E-state index in [9.17, 15) is 18.4 Å². The molecule has 19 heavy (non-hydrogen) atoms. The number of carbonyl (C=O) groups is 2. The Labute approximate surface area is 121 Å². The molecule has 1 aromatic rings. The van der Waals surface area contributed by atoms with E-state index >= 15 is 0 Å². The summed E-state index contributed by atoms with van der Waals surface area (Å²) in [6.07, 6.45) is 0.198. The lowest BCUT2D eigenvalue weighted by Crippen LogP contribution is -2.25. The molecule has 3 nitrogen and oxygen atoms in total. The minimum Gasteiger partial charge on any atom is -0.311 e. The molecular formula is C12H10BrF2NO2S. The molecule has 0 aliphatic carbocycles. The lowest BCUT2D eigenvalue weighted by Gasteiger charge is -2.17. The Hall–Kier alpha value is -0.950. The molecular weight excluding hydrogens is 340 g/mol. The maximum atomic E-state index is 13.4. The average Bonchev–Trinajstić information content (AvgIpc) is 2.65. The van der Waals surface area contributed by atoms with Gasteiger partial charge in [0.15, 0.2) is 5.12 Å². The second-order valence-corrected chi connectivity index (χ2v) is 6.43. The average molecular weight is 350 g/mol. The van der Waals surface area contributed by atoms with Crippen molar-refractivity contribution < 1.29 is 18.4 Å². The second-order valence-electron chi connectivity index (χ2n) is 4.16. The fourth-order valence-corrected chi connectivity index (χ4v) is 3.08. The van der Waals surface area contributed by atoms with E-state index in [0.29, 0.717) is 0 Å². The fraction of sp³-hybridized carbons (Fsp3) is 0.333. The van der Waals surface area contributed by atoms with Gasteiger partial charge in [-0.25, -0.2) is 8.78 Å². The Kier molecular flexibility index (Phi) is 4.25. The molecule has 1 amide bonds. The number of anilines is 1. The van der Waals surface area contributed by atoms with Crippen molar-refractivity contribution in [3.8, 4) is 0 Å². The first-order valence-corrected chi connectivity index (χ1v) is 7.18. The quantitative estimate of drug-likeness (QED) is 0.770. The predicted molar refractivity (Wildman–Crippen MR) is 73.1 cm³/mol. The van der Waals surface area contributed by atoms with Gasteiger partial charge in [0.05, 0.1) is 4.47 Å². The van der Waals surface area contributed by atoms with Crippen LogP contribution in [-0.4, -0.2) is 22.8 Å². The van der Waals surface area contributed by atoms with Gasteiger partial charge in [0, 0.05) is 30.8 Å². The van der Waals surface area contributed by atoms with Crippen LogP contribution in [0.2, 0.25) is 0 Å². The number of amides is 1. The lowest BCUT2D eigenvalue weighted by molar-refractivity contribution is -0.117. The molecule has 1 aliphatic heterocycles. The van der Waals surface area contributed by atoms with Crippen molar-refractivity contribution >= 4 is 44.4 Å². The first kappa shape index (κ1) is 14.5. The first-order chi connectivity index (χ1) is 8.88. The molecule has 0 spiro atoms. The third kappa shape index (κ3) is 3.14. The fourth-order valence-electron chi connectivity index (χ4n) is 1.94. The van der Waals surface area contributed by atoms with Crippen LogP contribution in [0, 0.1) is 11.6 Å². The summed E-state index contributed by atoms with van der Waals surface area (Å²) in [7, 11) is 0. The van der Waals surface area contributed by atoms with Gasteiger partial charge < -0.3 is 4.90 Å². The van der Waals surface area contributed by atoms with Crippen LogP contribution in [0.15, 0.2) is 16.6 Å². The van der Waals surface area contributed by atoms with Crippen LogP contribution in [0.3, 0.4) is 0 Å². The highest BCUT2D eigenvalue weighted by atomic mass is 79.9. The maximum absolute atomic E-state index is 13.4. The summed E-state index contributed by atoms with van der Waals surface area (Å²) >= 11 is 3.86. The number of hydrogen-bond donors (Lipinski definition) is 0. The molecule has 1 fully saturated rings. The SMILES string of the molecule is CC(=O)SC1CC(=O)N(c2cc(F)c(Br)c(F)c2)C1. The van der Waals surface area contributed by atoms with Crippen molar-refractivity contribution in [2.24, 2.45) is 0 Å². The minimum atomic E-state index is -0.759. The highest BCUT2D eigenvalue weighted by Crippen LogP contribution is 2.31. The molecule has 1 saturated heterocycles. The van der Waals surface area contributed by atoms with Gasteiger partial charge in [-0.3, -0.25) is 9.59 Å². The Morgan fingerprint density at radius 1 is 1.42 bits per heavy atom. The molecule has 1 aliphatic rings. The number of benzene rings is 1. The zero-order valence-electron chi connectivity index (χ0n) is 9.95. The van der Waals surface area contributed by atoms with Gasteiger partial charge in [0.25, 0.3) is 0 Å². The summed E-state index contributed by atoms with van der Waals surface area (Å²) in [6.45, 7) is 1.71. The van der Waals surface area contributed by atoms with Crippen LogP contribution in [0.1, 0.15) is 13.3 Å². The van der Waals surface area contributed by atoms with Gasteiger partial charge in [-0.05, 0) is 28.1 Å². The van der Waals surface area contributed by atoms with Crippen LogP contribution < -0.4 is 4.90 Å². The Morgan fingerprint density at radius 2 is 2.00 bits per heavy atom. The molecule has 2 rings (SSSR count). The molecule has 7 heteroatoms. The van der Waals surface area contributed by atoms with Gasteiger partial charge in [-0.15, -0.1) is 0 Å². The number of rotatable bonds is 2. The highest BCUT2D eigenvalue weighted by Gasteiger charge is 2.32. The van der Waals surface area contributed by atoms with Crippen molar-refractivity contribution in [3.05, 3.63) is 28.2 Å². The van der Waals surface area contributed by atoms with E-state index in [2.05, 4.69) is 15.9 Å². The molecule has 1 unspecified atom stereocenters. The largest absolute Gasteiger partial charge is 0.311 e. The molecule has 1 aromatic carbocycles. The summed E-state index contributed by atoms with van der Waals surface area (Å²) < 4.78 is 26.6. The summed E-state index contributed by atoms with van der Waals surface area (Å²) in [5.74, 6) is -1.75. The van der Waals surface area contributed by atoms with Crippen molar-refractivity contribution in [1.82, 2.24) is 0 Å². The van der Waals surface area contributed by atoms with Gasteiger partial charge in [-0.1, -0.05) is 11.8 Å². The number of carbonyl (C=O) groups excluding carboxylic acids is 2. The van der Waals surface area contributed by atoms with Crippen LogP contribution in [0.5, 0.6) is 0 Å². The van der Waals surface area contributed by atoms with Gasteiger partial charge in [-0.2, -0.15) is 0 Å². The number of thioether (sulfide) groups is 1. The standard InChI is InChI=1S/C12H10BrF2NO2S/c1-6(17)19-8-4-11(18)16(5-8)7-2-9(14)12(13)10(15)3-7/h2-3,8H,4-5H2,1H3. The molecule has 0 N–H and O–H groups in total. The van der Waals surface area contributed by atoms with E-state index in [1.165, 1.54) is 11.8 Å². The predicted octanol–water partition coefficient (Wildman–Crippen LogP) is 3.11. The monoisotopic (exact) mass is 349 g/mol. The topological polar surface area (TPSA) is 37.4 Å². The molecule has 1 atom stereocenters. The minimum absolute atomic E-state index is 0.0761. The number of hydrogen-bond acceptors (Lipinski definition) is 3. The Bertz CT molecular complexity index is 530.